The number of aromatic amines is 1. The predicted molar refractivity (Wildman–Crippen MR) is 121 cm³/mol. The number of benzene rings is 3. The van der Waals surface area contributed by atoms with Gasteiger partial charge in [0.1, 0.15) is 29.7 Å². The number of H-pyrrole nitrogens is 1. The quantitative estimate of drug-likeness (QED) is 0.411. The van der Waals surface area contributed by atoms with Gasteiger partial charge in [-0.2, -0.15) is 0 Å². The third-order valence-corrected chi connectivity index (χ3v) is 4.65. The summed E-state index contributed by atoms with van der Waals surface area (Å²) in [5.41, 5.74) is 3.90. The van der Waals surface area contributed by atoms with Gasteiger partial charge in [0.25, 0.3) is 0 Å². The Morgan fingerprint density at radius 1 is 0.833 bits per heavy atom. The average Bonchev–Trinajstić information content (AvgIpc) is 3.28. The van der Waals surface area contributed by atoms with E-state index in [4.69, 9.17) is 14.2 Å². The van der Waals surface area contributed by atoms with E-state index in [-0.39, 0.29) is 12.4 Å². The van der Waals surface area contributed by atoms with Crippen LogP contribution in [0.3, 0.4) is 0 Å². The van der Waals surface area contributed by atoms with Crippen molar-refractivity contribution < 1.29 is 14.2 Å². The summed E-state index contributed by atoms with van der Waals surface area (Å²) in [4.78, 5) is 7.87. The molecule has 0 aliphatic carbocycles. The maximum absolute atomic E-state index is 5.90. The SMILES string of the molecule is COc1ccc(-c2ncc(-c3ccc(OCc4ccccc4)cc3OC)[nH]2)cc1.Cl. The second-order valence-corrected chi connectivity index (χ2v) is 6.51. The molecule has 0 fully saturated rings. The van der Waals surface area contributed by atoms with Gasteiger partial charge in [-0.3, -0.25) is 0 Å². The molecule has 4 aromatic rings. The topological polar surface area (TPSA) is 56.4 Å². The highest BCUT2D eigenvalue weighted by Crippen LogP contribution is 2.33. The maximum Gasteiger partial charge on any atom is 0.137 e. The molecule has 0 spiro atoms. The monoisotopic (exact) mass is 422 g/mol. The Bertz CT molecular complexity index is 1080. The van der Waals surface area contributed by atoms with Crippen LogP contribution in [0.1, 0.15) is 5.56 Å². The molecule has 0 atom stereocenters. The summed E-state index contributed by atoms with van der Waals surface area (Å²) in [6, 6.07) is 23.7. The molecule has 1 aromatic heterocycles. The fourth-order valence-corrected chi connectivity index (χ4v) is 3.08. The van der Waals surface area contributed by atoms with Gasteiger partial charge in [-0.15, -0.1) is 12.4 Å². The maximum atomic E-state index is 5.90. The van der Waals surface area contributed by atoms with E-state index in [2.05, 4.69) is 9.97 Å². The number of imidazole rings is 1. The Kier molecular flexibility index (Phi) is 6.99. The van der Waals surface area contributed by atoms with Crippen molar-refractivity contribution in [2.75, 3.05) is 14.2 Å². The van der Waals surface area contributed by atoms with Crippen LogP contribution in [0.2, 0.25) is 0 Å². The van der Waals surface area contributed by atoms with Crippen molar-refractivity contribution >= 4 is 12.4 Å². The highest BCUT2D eigenvalue weighted by Gasteiger charge is 2.12. The molecule has 1 heterocycles. The number of methoxy groups -OCH3 is 2. The van der Waals surface area contributed by atoms with E-state index in [9.17, 15) is 0 Å². The van der Waals surface area contributed by atoms with E-state index in [1.165, 1.54) is 0 Å². The van der Waals surface area contributed by atoms with Crippen LogP contribution in [0.25, 0.3) is 22.6 Å². The summed E-state index contributed by atoms with van der Waals surface area (Å²) in [6.45, 7) is 0.509. The second-order valence-electron chi connectivity index (χ2n) is 6.51. The number of aromatic nitrogens is 2. The molecular weight excluding hydrogens is 400 g/mol. The van der Waals surface area contributed by atoms with Crippen LogP contribution in [0.5, 0.6) is 17.2 Å². The minimum atomic E-state index is 0. The number of hydrogen-bond acceptors (Lipinski definition) is 4. The number of rotatable bonds is 7. The highest BCUT2D eigenvalue weighted by molar-refractivity contribution is 5.85. The van der Waals surface area contributed by atoms with Gasteiger partial charge >= 0.3 is 0 Å². The number of nitrogens with one attached hydrogen (secondary N) is 1. The van der Waals surface area contributed by atoms with Crippen molar-refractivity contribution in [3.63, 3.8) is 0 Å². The first kappa shape index (κ1) is 21.3. The van der Waals surface area contributed by atoms with E-state index >= 15 is 0 Å². The Labute approximate surface area is 182 Å². The molecule has 3 aromatic carbocycles. The van der Waals surface area contributed by atoms with Crippen LogP contribution < -0.4 is 14.2 Å². The van der Waals surface area contributed by atoms with Gasteiger partial charge in [0.15, 0.2) is 0 Å². The van der Waals surface area contributed by atoms with Crippen LogP contribution in [0.4, 0.5) is 0 Å². The molecule has 0 unspecified atom stereocenters. The van der Waals surface area contributed by atoms with E-state index in [0.717, 1.165) is 45.5 Å². The molecule has 0 amide bonds. The molecule has 6 heteroatoms. The largest absolute Gasteiger partial charge is 0.497 e. The Balaban J connectivity index is 0.00000256. The molecule has 0 aliphatic heterocycles. The molecular formula is C24H23ClN2O3. The fourth-order valence-electron chi connectivity index (χ4n) is 3.08. The van der Waals surface area contributed by atoms with E-state index < -0.39 is 0 Å². The number of ether oxygens (including phenoxy) is 3. The van der Waals surface area contributed by atoms with Gasteiger partial charge in [-0.05, 0) is 42.0 Å². The minimum absolute atomic E-state index is 0. The molecule has 4 rings (SSSR count). The first-order valence-corrected chi connectivity index (χ1v) is 9.31. The highest BCUT2D eigenvalue weighted by atomic mass is 35.5. The third-order valence-electron chi connectivity index (χ3n) is 4.65. The van der Waals surface area contributed by atoms with E-state index in [0.29, 0.717) is 6.61 Å². The van der Waals surface area contributed by atoms with Crippen molar-refractivity contribution in [3.05, 3.63) is 84.6 Å². The van der Waals surface area contributed by atoms with Crippen LogP contribution >= 0.6 is 12.4 Å². The molecule has 154 valence electrons. The van der Waals surface area contributed by atoms with Crippen LogP contribution in [0.15, 0.2) is 79.0 Å². The molecule has 1 N–H and O–H groups in total. The lowest BCUT2D eigenvalue weighted by molar-refractivity contribution is 0.304. The smallest absolute Gasteiger partial charge is 0.137 e. The second kappa shape index (κ2) is 9.85. The number of halogens is 1. The molecule has 0 saturated heterocycles. The fraction of sp³-hybridized carbons (Fsp3) is 0.125. The van der Waals surface area contributed by atoms with Gasteiger partial charge in [-0.1, -0.05) is 30.3 Å². The zero-order chi connectivity index (χ0) is 20.1. The standard InChI is InChI=1S/C24H22N2O3.ClH/c1-27-19-10-8-18(9-11-19)24-25-15-22(26-24)21-13-12-20(14-23(21)28-2)29-16-17-6-4-3-5-7-17;/h3-15H,16H2,1-2H3,(H,25,26);1H. The summed E-state index contributed by atoms with van der Waals surface area (Å²) in [6.07, 6.45) is 1.81. The van der Waals surface area contributed by atoms with Crippen molar-refractivity contribution in [2.24, 2.45) is 0 Å². The zero-order valence-electron chi connectivity index (χ0n) is 16.8. The van der Waals surface area contributed by atoms with Gasteiger partial charge in [0, 0.05) is 17.2 Å². The predicted octanol–water partition coefficient (Wildman–Crippen LogP) is 5.76. The van der Waals surface area contributed by atoms with Crippen molar-refractivity contribution in [2.45, 2.75) is 6.61 Å². The summed E-state index contributed by atoms with van der Waals surface area (Å²) in [7, 11) is 3.31. The molecule has 0 aliphatic rings. The Morgan fingerprint density at radius 2 is 1.57 bits per heavy atom. The Morgan fingerprint density at radius 3 is 2.27 bits per heavy atom. The van der Waals surface area contributed by atoms with E-state index in [1.54, 1.807) is 14.2 Å². The van der Waals surface area contributed by atoms with Gasteiger partial charge < -0.3 is 19.2 Å². The molecule has 30 heavy (non-hydrogen) atoms. The lowest BCUT2D eigenvalue weighted by Gasteiger charge is -2.11. The van der Waals surface area contributed by atoms with Crippen LogP contribution in [-0.4, -0.2) is 24.2 Å². The lowest BCUT2D eigenvalue weighted by atomic mass is 10.1. The van der Waals surface area contributed by atoms with Crippen molar-refractivity contribution in [1.82, 2.24) is 9.97 Å². The first-order chi connectivity index (χ1) is 14.3. The summed E-state index contributed by atoms with van der Waals surface area (Å²) in [5, 5.41) is 0. The van der Waals surface area contributed by atoms with Crippen LogP contribution in [-0.2, 0) is 6.61 Å². The average molecular weight is 423 g/mol. The van der Waals surface area contributed by atoms with Crippen molar-refractivity contribution in [1.29, 1.82) is 0 Å². The summed E-state index contributed by atoms with van der Waals surface area (Å²) >= 11 is 0. The summed E-state index contributed by atoms with van der Waals surface area (Å²) < 4.78 is 16.7. The first-order valence-electron chi connectivity index (χ1n) is 9.31. The zero-order valence-corrected chi connectivity index (χ0v) is 17.6. The van der Waals surface area contributed by atoms with Gasteiger partial charge in [0.2, 0.25) is 0 Å². The van der Waals surface area contributed by atoms with Gasteiger partial charge in [0.05, 0.1) is 26.1 Å². The molecule has 5 nitrogen and oxygen atoms in total. The lowest BCUT2D eigenvalue weighted by Crippen LogP contribution is -1.96. The summed E-state index contributed by atoms with van der Waals surface area (Å²) in [5.74, 6) is 3.08. The van der Waals surface area contributed by atoms with Crippen molar-refractivity contribution in [3.8, 4) is 39.9 Å². The number of hydrogen-bond donors (Lipinski definition) is 1. The minimum Gasteiger partial charge on any atom is -0.497 e. The molecule has 0 radical (unpaired) electrons. The van der Waals surface area contributed by atoms with Gasteiger partial charge in [-0.25, -0.2) is 4.98 Å². The van der Waals surface area contributed by atoms with E-state index in [1.807, 2.05) is 79.0 Å². The number of nitrogens with zero attached hydrogens (tertiary/aromatic N) is 1. The van der Waals surface area contributed by atoms with Crippen LogP contribution in [0, 0.1) is 0 Å². The third kappa shape index (κ3) is 4.75. The molecule has 0 bridgehead atoms. The Hall–Kier alpha value is -3.44. The molecule has 0 saturated carbocycles. The normalized spacial score (nSPS) is 10.2.